The molecule has 1 amide bonds. The number of ether oxygens (including phenoxy) is 1. The van der Waals surface area contributed by atoms with Crippen molar-refractivity contribution in [1.29, 1.82) is 0 Å². The zero-order chi connectivity index (χ0) is 18.8. The molecule has 0 saturated carbocycles. The molecule has 6 N–H and O–H groups in total. The van der Waals surface area contributed by atoms with E-state index in [4.69, 9.17) is 21.3 Å². The molecular weight excluding hydrogens is 328 g/mol. The van der Waals surface area contributed by atoms with E-state index >= 15 is 0 Å². The predicted octanol–water partition coefficient (Wildman–Crippen LogP) is 1.05. The van der Waals surface area contributed by atoms with Crippen molar-refractivity contribution in [2.75, 3.05) is 7.11 Å². The summed E-state index contributed by atoms with van der Waals surface area (Å²) in [6, 6.07) is 8.01. The fraction of sp³-hybridized carbons (Fsp3) is 0.235. The summed E-state index contributed by atoms with van der Waals surface area (Å²) < 4.78 is 5.29. The van der Waals surface area contributed by atoms with Crippen molar-refractivity contribution in [2.45, 2.75) is 18.4 Å². The molecule has 0 bridgehead atoms. The third kappa shape index (κ3) is 3.24. The van der Waals surface area contributed by atoms with E-state index in [-0.39, 0.29) is 11.1 Å². The zero-order valence-corrected chi connectivity index (χ0v) is 13.5. The van der Waals surface area contributed by atoms with Crippen molar-refractivity contribution in [3.63, 3.8) is 0 Å². The first-order chi connectivity index (χ1) is 11.7. The normalized spacial score (nSPS) is 13.2. The van der Waals surface area contributed by atoms with Gasteiger partial charge in [0.2, 0.25) is 5.91 Å². The van der Waals surface area contributed by atoms with Gasteiger partial charge >= 0.3 is 11.9 Å². The summed E-state index contributed by atoms with van der Waals surface area (Å²) in [6.45, 7) is 0. The number of carbonyl (C=O) groups is 3. The molecule has 0 saturated heterocycles. The smallest absolute Gasteiger partial charge is 0.328 e. The highest BCUT2D eigenvalue weighted by molar-refractivity contribution is 6.10. The number of carboxylic acid groups (broad SMARTS) is 2. The third-order valence-electron chi connectivity index (χ3n) is 4.07. The molecule has 0 spiro atoms. The molecule has 2 rings (SSSR count). The van der Waals surface area contributed by atoms with Crippen molar-refractivity contribution in [1.82, 2.24) is 0 Å². The molecule has 2 aromatic rings. The van der Waals surface area contributed by atoms with Crippen molar-refractivity contribution in [2.24, 2.45) is 11.5 Å². The van der Waals surface area contributed by atoms with Crippen LogP contribution in [0.15, 0.2) is 30.3 Å². The Kier molecular flexibility index (Phi) is 4.94. The fourth-order valence-electron chi connectivity index (χ4n) is 2.79. The first kappa shape index (κ1) is 18.2. The van der Waals surface area contributed by atoms with E-state index in [1.54, 1.807) is 24.3 Å². The molecule has 1 atom stereocenters. The number of primary amides is 1. The van der Waals surface area contributed by atoms with Gasteiger partial charge in [0.05, 0.1) is 12.7 Å². The molecule has 8 nitrogen and oxygen atoms in total. The Morgan fingerprint density at radius 3 is 2.24 bits per heavy atom. The number of aliphatic carboxylic acids is 2. The second-order valence-corrected chi connectivity index (χ2v) is 5.58. The summed E-state index contributed by atoms with van der Waals surface area (Å²) in [7, 11) is 1.39. The van der Waals surface area contributed by atoms with Crippen LogP contribution in [0.2, 0.25) is 0 Å². The molecule has 2 aromatic carbocycles. The van der Waals surface area contributed by atoms with Gasteiger partial charge in [0.1, 0.15) is 11.3 Å². The Labute approximate surface area is 143 Å². The Hall–Kier alpha value is -3.13. The summed E-state index contributed by atoms with van der Waals surface area (Å²) in [5, 5.41) is 19.5. The predicted molar refractivity (Wildman–Crippen MR) is 89.4 cm³/mol. The summed E-state index contributed by atoms with van der Waals surface area (Å²) in [5.41, 5.74) is 9.26. The van der Waals surface area contributed by atoms with Gasteiger partial charge in [-0.2, -0.15) is 0 Å². The van der Waals surface area contributed by atoms with E-state index in [1.165, 1.54) is 13.2 Å². The van der Waals surface area contributed by atoms with Crippen LogP contribution in [0.25, 0.3) is 10.8 Å². The molecule has 0 radical (unpaired) electrons. The molecule has 0 aromatic heterocycles. The third-order valence-corrected chi connectivity index (χ3v) is 4.07. The number of fused-ring (bicyclic) bond motifs is 1. The SMILES string of the molecule is COc1cc([C@](N)(CCC(=O)O)C(=O)O)c(C(N)=O)c2ccccc12. The van der Waals surface area contributed by atoms with E-state index in [1.807, 2.05) is 0 Å². The molecule has 8 heteroatoms. The largest absolute Gasteiger partial charge is 0.496 e. The van der Waals surface area contributed by atoms with E-state index in [9.17, 15) is 19.5 Å². The van der Waals surface area contributed by atoms with Crippen LogP contribution < -0.4 is 16.2 Å². The van der Waals surface area contributed by atoms with Crippen LogP contribution in [-0.2, 0) is 15.1 Å². The minimum atomic E-state index is -2.11. The number of rotatable bonds is 7. The number of carbonyl (C=O) groups excluding carboxylic acids is 1. The maximum atomic E-state index is 12.1. The van der Waals surface area contributed by atoms with Crippen LogP contribution >= 0.6 is 0 Å². The van der Waals surface area contributed by atoms with E-state index in [0.29, 0.717) is 16.5 Å². The zero-order valence-electron chi connectivity index (χ0n) is 13.5. The van der Waals surface area contributed by atoms with E-state index < -0.39 is 36.2 Å². The van der Waals surface area contributed by atoms with Gasteiger partial charge < -0.3 is 26.4 Å². The highest BCUT2D eigenvalue weighted by Crippen LogP contribution is 2.37. The van der Waals surface area contributed by atoms with Crippen LogP contribution in [0.4, 0.5) is 0 Å². The standard InChI is InChI=1S/C17H18N2O6/c1-25-12-8-11(17(19,16(23)24)7-6-13(20)21)14(15(18)22)10-5-3-2-4-9(10)12/h2-5,8H,6-7,19H2,1H3,(H2,18,22)(H,20,21)(H,23,24)/t17-/m1/s1. The lowest BCUT2D eigenvalue weighted by Crippen LogP contribution is -2.46. The van der Waals surface area contributed by atoms with Crippen LogP contribution in [0.1, 0.15) is 28.8 Å². The molecule has 0 aliphatic rings. The van der Waals surface area contributed by atoms with E-state index in [2.05, 4.69) is 0 Å². The average molecular weight is 346 g/mol. The number of methoxy groups -OCH3 is 1. The maximum absolute atomic E-state index is 12.1. The van der Waals surface area contributed by atoms with Crippen LogP contribution in [0, 0.1) is 0 Å². The Bertz CT molecular complexity index is 864. The van der Waals surface area contributed by atoms with Gasteiger partial charge in [0.25, 0.3) is 0 Å². The quantitative estimate of drug-likeness (QED) is 0.584. The van der Waals surface area contributed by atoms with Crippen molar-refractivity contribution in [3.8, 4) is 5.75 Å². The Balaban J connectivity index is 2.86. The topological polar surface area (TPSA) is 153 Å². The lowest BCUT2D eigenvalue weighted by atomic mass is 9.81. The van der Waals surface area contributed by atoms with E-state index in [0.717, 1.165) is 0 Å². The second-order valence-electron chi connectivity index (χ2n) is 5.58. The van der Waals surface area contributed by atoms with Gasteiger partial charge in [-0.25, -0.2) is 4.79 Å². The molecule has 0 heterocycles. The monoisotopic (exact) mass is 346 g/mol. The maximum Gasteiger partial charge on any atom is 0.328 e. The summed E-state index contributed by atoms with van der Waals surface area (Å²) >= 11 is 0. The van der Waals surface area contributed by atoms with Gasteiger partial charge in [-0.05, 0) is 17.9 Å². The molecule has 0 aliphatic heterocycles. The summed E-state index contributed by atoms with van der Waals surface area (Å²) in [6.07, 6.45) is -0.907. The minimum Gasteiger partial charge on any atom is -0.496 e. The lowest BCUT2D eigenvalue weighted by molar-refractivity contribution is -0.145. The minimum absolute atomic E-state index is 0.0633. The molecule has 132 valence electrons. The fourth-order valence-corrected chi connectivity index (χ4v) is 2.79. The Morgan fingerprint density at radius 1 is 1.16 bits per heavy atom. The summed E-state index contributed by atoms with van der Waals surface area (Å²) in [4.78, 5) is 34.8. The highest BCUT2D eigenvalue weighted by Gasteiger charge is 2.40. The van der Waals surface area contributed by atoms with Gasteiger partial charge in [-0.1, -0.05) is 24.3 Å². The van der Waals surface area contributed by atoms with Crippen molar-refractivity contribution >= 4 is 28.6 Å². The molecule has 0 unspecified atom stereocenters. The number of hydrogen-bond donors (Lipinski definition) is 4. The number of carboxylic acids is 2. The molecule has 0 aliphatic carbocycles. The van der Waals surface area contributed by atoms with Crippen molar-refractivity contribution in [3.05, 3.63) is 41.5 Å². The molecule has 0 fully saturated rings. The van der Waals surface area contributed by atoms with Gasteiger partial charge in [-0.15, -0.1) is 0 Å². The number of hydrogen-bond acceptors (Lipinski definition) is 5. The van der Waals surface area contributed by atoms with Crippen molar-refractivity contribution < 1.29 is 29.3 Å². The first-order valence-corrected chi connectivity index (χ1v) is 7.36. The van der Waals surface area contributed by atoms with Gasteiger partial charge in [0.15, 0.2) is 0 Å². The van der Waals surface area contributed by atoms with Crippen LogP contribution in [0.5, 0.6) is 5.75 Å². The number of nitrogens with two attached hydrogens (primary N) is 2. The highest BCUT2D eigenvalue weighted by atomic mass is 16.5. The first-order valence-electron chi connectivity index (χ1n) is 7.36. The molecule has 25 heavy (non-hydrogen) atoms. The summed E-state index contributed by atoms with van der Waals surface area (Å²) in [5.74, 6) is -3.22. The molecular formula is C17H18N2O6. The number of amides is 1. The average Bonchev–Trinajstić information content (AvgIpc) is 2.57. The van der Waals surface area contributed by atoms with Gasteiger partial charge in [0, 0.05) is 17.4 Å². The van der Waals surface area contributed by atoms with Gasteiger partial charge in [-0.3, -0.25) is 9.59 Å². The van der Waals surface area contributed by atoms with Crippen LogP contribution in [0.3, 0.4) is 0 Å². The van der Waals surface area contributed by atoms with Crippen LogP contribution in [-0.4, -0.2) is 35.2 Å². The number of benzene rings is 2. The second kappa shape index (κ2) is 6.78. The lowest BCUT2D eigenvalue weighted by Gasteiger charge is -2.28. The Morgan fingerprint density at radius 2 is 1.76 bits per heavy atom.